The van der Waals surface area contributed by atoms with Crippen LogP contribution < -0.4 is 0 Å². The number of rotatable bonds is 10. The fourth-order valence-corrected chi connectivity index (χ4v) is 5.76. The van der Waals surface area contributed by atoms with Gasteiger partial charge in [-0.25, -0.2) is 0 Å². The highest BCUT2D eigenvalue weighted by Crippen LogP contribution is 2.30. The maximum atomic E-state index is 13.1. The zero-order valence-electron chi connectivity index (χ0n) is 20.3. The molecule has 0 bridgehead atoms. The molecule has 3 aromatic carbocycles. The van der Waals surface area contributed by atoms with Gasteiger partial charge >= 0.3 is 0 Å². The minimum absolute atomic E-state index is 0.0333. The lowest BCUT2D eigenvalue weighted by atomic mass is 10.1. The molecule has 0 aliphatic carbocycles. The van der Waals surface area contributed by atoms with Crippen molar-refractivity contribution in [3.63, 3.8) is 0 Å². The van der Waals surface area contributed by atoms with Gasteiger partial charge in [0.2, 0.25) is 0 Å². The molecule has 198 valence electrons. The van der Waals surface area contributed by atoms with E-state index >= 15 is 0 Å². The Morgan fingerprint density at radius 2 is 1.30 bits per heavy atom. The van der Waals surface area contributed by atoms with E-state index in [9.17, 15) is 21.9 Å². The molecular formula is C26H28O9S2. The summed E-state index contributed by atoms with van der Waals surface area (Å²) in [4.78, 5) is -0.175. The maximum Gasteiger partial charge on any atom is 0.297 e. The first kappa shape index (κ1) is 27.4. The van der Waals surface area contributed by atoms with Crippen molar-refractivity contribution in [2.24, 2.45) is 0 Å². The van der Waals surface area contributed by atoms with E-state index in [1.807, 2.05) is 32.0 Å². The second-order valence-corrected chi connectivity index (χ2v) is 11.9. The topological polar surface area (TPSA) is 125 Å². The summed E-state index contributed by atoms with van der Waals surface area (Å²) < 4.78 is 73.4. The lowest BCUT2D eigenvalue weighted by molar-refractivity contribution is -0.148. The Bertz CT molecular complexity index is 1390. The van der Waals surface area contributed by atoms with Gasteiger partial charge in [-0.1, -0.05) is 65.7 Å². The molecule has 9 nitrogen and oxygen atoms in total. The second kappa shape index (κ2) is 11.4. The molecule has 1 aliphatic rings. The number of aliphatic hydroxyl groups excluding tert-OH is 1. The van der Waals surface area contributed by atoms with E-state index in [0.717, 1.165) is 16.7 Å². The molecule has 1 saturated heterocycles. The van der Waals surface area contributed by atoms with Crippen LogP contribution in [-0.4, -0.2) is 53.2 Å². The van der Waals surface area contributed by atoms with Crippen LogP contribution in [0.15, 0.2) is 88.7 Å². The predicted molar refractivity (Wildman–Crippen MR) is 133 cm³/mol. The largest absolute Gasteiger partial charge is 0.366 e. The highest BCUT2D eigenvalue weighted by atomic mass is 32.2. The average molecular weight is 549 g/mol. The average Bonchev–Trinajstić information content (AvgIpc) is 3.16. The van der Waals surface area contributed by atoms with E-state index in [0.29, 0.717) is 0 Å². The molecule has 11 heteroatoms. The van der Waals surface area contributed by atoms with E-state index in [1.54, 1.807) is 36.4 Å². The molecule has 0 aromatic heterocycles. The predicted octanol–water partition coefficient (Wildman–Crippen LogP) is 3.09. The van der Waals surface area contributed by atoms with Gasteiger partial charge in [0.25, 0.3) is 20.2 Å². The molecular weight excluding hydrogens is 520 g/mol. The highest BCUT2D eigenvalue weighted by Gasteiger charge is 2.49. The molecule has 1 N–H and O–H groups in total. The number of aliphatic hydroxyl groups is 1. The minimum atomic E-state index is -4.32. The molecule has 0 radical (unpaired) electrons. The highest BCUT2D eigenvalue weighted by molar-refractivity contribution is 7.87. The lowest BCUT2D eigenvalue weighted by Crippen LogP contribution is -2.40. The van der Waals surface area contributed by atoms with Gasteiger partial charge in [0.15, 0.2) is 6.29 Å². The zero-order chi connectivity index (χ0) is 26.6. The second-order valence-electron chi connectivity index (χ2n) is 8.71. The number of benzene rings is 3. The number of ether oxygens (including phenoxy) is 2. The summed E-state index contributed by atoms with van der Waals surface area (Å²) in [6.45, 7) is 3.06. The van der Waals surface area contributed by atoms with Crippen molar-refractivity contribution in [3.8, 4) is 0 Å². The lowest BCUT2D eigenvalue weighted by Gasteiger charge is -2.23. The van der Waals surface area contributed by atoms with Crippen LogP contribution in [0.3, 0.4) is 0 Å². The van der Waals surface area contributed by atoms with E-state index in [2.05, 4.69) is 0 Å². The summed E-state index contributed by atoms with van der Waals surface area (Å²) >= 11 is 0. The molecule has 3 aromatic rings. The Kier molecular flexibility index (Phi) is 8.44. The molecule has 0 saturated carbocycles. The fourth-order valence-electron chi connectivity index (χ4n) is 3.74. The van der Waals surface area contributed by atoms with E-state index in [1.165, 1.54) is 24.3 Å². The fraction of sp³-hybridized carbons (Fsp3) is 0.308. The molecule has 0 spiro atoms. The van der Waals surface area contributed by atoms with Crippen LogP contribution in [0.1, 0.15) is 16.7 Å². The van der Waals surface area contributed by atoms with Gasteiger partial charge in [-0.2, -0.15) is 16.8 Å². The SMILES string of the molecule is Cc1ccc(S(=O)(=O)OCC2OC(O)C(OCc3ccccc3)C2OS(=O)(=O)c2ccc(C)cc2)cc1. The van der Waals surface area contributed by atoms with E-state index in [-0.39, 0.29) is 16.4 Å². The van der Waals surface area contributed by atoms with Gasteiger partial charge in [-0.3, -0.25) is 8.37 Å². The molecule has 1 fully saturated rings. The molecule has 4 atom stereocenters. The zero-order valence-corrected chi connectivity index (χ0v) is 21.9. The monoisotopic (exact) mass is 548 g/mol. The third-order valence-corrected chi connectivity index (χ3v) is 8.44. The standard InChI is InChI=1S/C26H28O9S2/c1-18-8-12-21(13-9-18)36(28,29)33-17-23-24(35-37(30,31)22-14-10-19(2)11-15-22)25(26(27)34-23)32-16-20-6-4-3-5-7-20/h3-15,23-27H,16-17H2,1-2H3. The van der Waals surface area contributed by atoms with Gasteiger partial charge in [-0.05, 0) is 43.7 Å². The summed E-state index contributed by atoms with van der Waals surface area (Å²) in [5.41, 5.74) is 2.50. The molecule has 4 unspecified atom stereocenters. The summed E-state index contributed by atoms with van der Waals surface area (Å²) in [6.07, 6.45) is -5.48. The maximum absolute atomic E-state index is 13.1. The quantitative estimate of drug-likeness (QED) is 0.381. The Balaban J connectivity index is 1.56. The Hall–Kier alpha value is -2.64. The van der Waals surface area contributed by atoms with Crippen LogP contribution >= 0.6 is 0 Å². The molecule has 1 heterocycles. The van der Waals surface area contributed by atoms with E-state index in [4.69, 9.17) is 17.8 Å². The van der Waals surface area contributed by atoms with Crippen molar-refractivity contribution in [3.05, 3.63) is 95.6 Å². The van der Waals surface area contributed by atoms with Crippen LogP contribution in [0.25, 0.3) is 0 Å². The first-order valence-corrected chi connectivity index (χ1v) is 14.3. The van der Waals surface area contributed by atoms with Gasteiger partial charge in [0.1, 0.15) is 18.3 Å². The number of hydrogen-bond donors (Lipinski definition) is 1. The van der Waals surface area contributed by atoms with Crippen molar-refractivity contribution in [1.29, 1.82) is 0 Å². The van der Waals surface area contributed by atoms with Gasteiger partial charge in [0.05, 0.1) is 23.0 Å². The molecule has 0 amide bonds. The van der Waals surface area contributed by atoms with Crippen molar-refractivity contribution in [2.75, 3.05) is 6.61 Å². The van der Waals surface area contributed by atoms with Gasteiger partial charge in [-0.15, -0.1) is 0 Å². The Morgan fingerprint density at radius 1 is 0.757 bits per heavy atom. The summed E-state index contributed by atoms with van der Waals surface area (Å²) in [7, 11) is -8.51. The van der Waals surface area contributed by atoms with Gasteiger partial charge < -0.3 is 14.6 Å². The van der Waals surface area contributed by atoms with Gasteiger partial charge in [0, 0.05) is 0 Å². The first-order chi connectivity index (χ1) is 17.5. The Labute approximate surface area is 216 Å². The number of aryl methyl sites for hydroxylation is 2. The van der Waals surface area contributed by atoms with Crippen molar-refractivity contribution in [2.45, 2.75) is 54.8 Å². The number of hydrogen-bond acceptors (Lipinski definition) is 9. The molecule has 4 rings (SSSR count). The van der Waals surface area contributed by atoms with Crippen LogP contribution in [0.2, 0.25) is 0 Å². The van der Waals surface area contributed by atoms with Crippen LogP contribution in [0.4, 0.5) is 0 Å². The third-order valence-electron chi connectivity index (χ3n) is 5.82. The van der Waals surface area contributed by atoms with Crippen molar-refractivity contribution >= 4 is 20.2 Å². The molecule has 1 aliphatic heterocycles. The van der Waals surface area contributed by atoms with Crippen LogP contribution in [0, 0.1) is 13.8 Å². The minimum Gasteiger partial charge on any atom is -0.366 e. The summed E-state index contributed by atoms with van der Waals surface area (Å²) in [6, 6.07) is 21.1. The van der Waals surface area contributed by atoms with Crippen molar-refractivity contribution in [1.82, 2.24) is 0 Å². The van der Waals surface area contributed by atoms with Crippen LogP contribution in [0.5, 0.6) is 0 Å². The van der Waals surface area contributed by atoms with E-state index < -0.39 is 51.4 Å². The normalized spacial score (nSPS) is 22.2. The first-order valence-electron chi connectivity index (χ1n) is 11.5. The summed E-state index contributed by atoms with van der Waals surface area (Å²) in [5.74, 6) is 0. The molecule has 37 heavy (non-hydrogen) atoms. The summed E-state index contributed by atoms with van der Waals surface area (Å²) in [5, 5.41) is 10.6. The van der Waals surface area contributed by atoms with Crippen LogP contribution in [-0.2, 0) is 44.7 Å². The Morgan fingerprint density at radius 3 is 1.86 bits per heavy atom. The smallest absolute Gasteiger partial charge is 0.297 e. The van der Waals surface area contributed by atoms with Crippen molar-refractivity contribution < 1.29 is 39.8 Å². The third kappa shape index (κ3) is 6.82.